The van der Waals surface area contributed by atoms with Crippen molar-refractivity contribution < 1.29 is 23.5 Å². The van der Waals surface area contributed by atoms with Gasteiger partial charge >= 0.3 is 5.97 Å². The molecule has 0 aliphatic heterocycles. The van der Waals surface area contributed by atoms with Crippen LogP contribution < -0.4 is 10.6 Å². The molecule has 7 heteroatoms. The average molecular weight is 414 g/mol. The van der Waals surface area contributed by atoms with Crippen LogP contribution in [0.4, 0.5) is 4.39 Å². The minimum absolute atomic E-state index is 0.181. The van der Waals surface area contributed by atoms with E-state index in [-0.39, 0.29) is 24.2 Å². The normalized spacial score (nSPS) is 13.6. The maximum Gasteiger partial charge on any atom is 0.329 e. The van der Waals surface area contributed by atoms with E-state index in [1.165, 1.54) is 19.1 Å². The molecule has 0 radical (unpaired) electrons. The van der Waals surface area contributed by atoms with Crippen LogP contribution in [0.2, 0.25) is 0 Å². The van der Waals surface area contributed by atoms with Gasteiger partial charge in [-0.1, -0.05) is 50.6 Å². The topological polar surface area (TPSA) is 84.5 Å². The number of hydrogen-bond donors (Lipinski definition) is 2. The molecule has 2 aromatic carbocycles. The zero-order valence-electron chi connectivity index (χ0n) is 17.4. The van der Waals surface area contributed by atoms with Crippen molar-refractivity contribution in [2.45, 2.75) is 45.9 Å². The Bertz CT molecular complexity index is 855. The quantitative estimate of drug-likeness (QED) is 0.617. The predicted molar refractivity (Wildman–Crippen MR) is 111 cm³/mol. The molecule has 3 atom stereocenters. The van der Waals surface area contributed by atoms with E-state index in [0.29, 0.717) is 12.0 Å². The van der Waals surface area contributed by atoms with Crippen LogP contribution in [0.15, 0.2) is 54.6 Å². The SMILES string of the molecule is CC[C@H](C)[C@H](NC(=O)c1ccccc1)C(=O)O[C@H](C)C(=O)NCc1ccc(F)cc1. The molecule has 0 aliphatic carbocycles. The molecule has 2 aromatic rings. The summed E-state index contributed by atoms with van der Waals surface area (Å²) >= 11 is 0. The third-order valence-corrected chi connectivity index (χ3v) is 4.83. The Balaban J connectivity index is 1.95. The second-order valence-corrected chi connectivity index (χ2v) is 7.13. The zero-order chi connectivity index (χ0) is 22.1. The molecular formula is C23H27FN2O4. The lowest BCUT2D eigenvalue weighted by atomic mass is 9.98. The van der Waals surface area contributed by atoms with Crippen molar-refractivity contribution in [2.24, 2.45) is 5.92 Å². The molecule has 0 bridgehead atoms. The highest BCUT2D eigenvalue weighted by molar-refractivity contribution is 5.97. The number of nitrogens with one attached hydrogen (secondary N) is 2. The molecular weight excluding hydrogens is 387 g/mol. The summed E-state index contributed by atoms with van der Waals surface area (Å²) in [5.74, 6) is -2.07. The summed E-state index contributed by atoms with van der Waals surface area (Å²) in [6.45, 7) is 5.38. The largest absolute Gasteiger partial charge is 0.451 e. The lowest BCUT2D eigenvalue weighted by molar-refractivity contribution is -0.157. The molecule has 2 rings (SSSR count). The fraction of sp³-hybridized carbons (Fsp3) is 0.348. The standard InChI is InChI=1S/C23H27FN2O4/c1-4-15(2)20(26-22(28)18-8-6-5-7-9-18)23(29)30-16(3)21(27)25-14-17-10-12-19(24)13-11-17/h5-13,15-16,20H,4,14H2,1-3H3,(H,25,27)(H,26,28)/t15-,16+,20-/m0/s1. The summed E-state index contributed by atoms with van der Waals surface area (Å²) in [6, 6.07) is 13.4. The van der Waals surface area contributed by atoms with Crippen LogP contribution in [0.25, 0.3) is 0 Å². The molecule has 0 aromatic heterocycles. The summed E-state index contributed by atoms with van der Waals surface area (Å²) in [6.07, 6.45) is -0.405. The van der Waals surface area contributed by atoms with E-state index in [1.807, 2.05) is 13.8 Å². The van der Waals surface area contributed by atoms with E-state index in [1.54, 1.807) is 42.5 Å². The van der Waals surface area contributed by atoms with Gasteiger partial charge in [-0.15, -0.1) is 0 Å². The Morgan fingerprint density at radius 1 is 1.00 bits per heavy atom. The summed E-state index contributed by atoms with van der Waals surface area (Å²) in [4.78, 5) is 37.4. The van der Waals surface area contributed by atoms with Crippen LogP contribution in [0.1, 0.15) is 43.1 Å². The van der Waals surface area contributed by atoms with Crippen molar-refractivity contribution in [3.05, 3.63) is 71.5 Å². The monoisotopic (exact) mass is 414 g/mol. The van der Waals surface area contributed by atoms with Gasteiger partial charge in [-0.2, -0.15) is 0 Å². The van der Waals surface area contributed by atoms with Gasteiger partial charge in [0.1, 0.15) is 11.9 Å². The van der Waals surface area contributed by atoms with E-state index in [9.17, 15) is 18.8 Å². The van der Waals surface area contributed by atoms with Gasteiger partial charge in [0, 0.05) is 12.1 Å². The third kappa shape index (κ3) is 6.69. The second kappa shape index (κ2) is 11.1. The van der Waals surface area contributed by atoms with Crippen molar-refractivity contribution in [3.8, 4) is 0 Å². The van der Waals surface area contributed by atoms with Crippen LogP contribution in [-0.2, 0) is 20.9 Å². The summed E-state index contributed by atoms with van der Waals surface area (Å²) in [7, 11) is 0. The maximum atomic E-state index is 13.0. The molecule has 2 amide bonds. The van der Waals surface area contributed by atoms with E-state index >= 15 is 0 Å². The van der Waals surface area contributed by atoms with Gasteiger partial charge in [0.15, 0.2) is 6.10 Å². The van der Waals surface area contributed by atoms with Crippen LogP contribution in [-0.4, -0.2) is 29.9 Å². The van der Waals surface area contributed by atoms with Crippen molar-refractivity contribution in [2.75, 3.05) is 0 Å². The molecule has 0 unspecified atom stereocenters. The highest BCUT2D eigenvalue weighted by Gasteiger charge is 2.30. The van der Waals surface area contributed by atoms with Gasteiger partial charge < -0.3 is 15.4 Å². The fourth-order valence-electron chi connectivity index (χ4n) is 2.72. The minimum atomic E-state index is -1.04. The fourth-order valence-corrected chi connectivity index (χ4v) is 2.72. The highest BCUT2D eigenvalue weighted by Crippen LogP contribution is 2.12. The summed E-state index contributed by atoms with van der Waals surface area (Å²) in [5.41, 5.74) is 1.15. The maximum absolute atomic E-state index is 13.0. The molecule has 0 fully saturated rings. The molecule has 160 valence electrons. The third-order valence-electron chi connectivity index (χ3n) is 4.83. The minimum Gasteiger partial charge on any atom is -0.451 e. The van der Waals surface area contributed by atoms with Gasteiger partial charge in [0.05, 0.1) is 0 Å². The molecule has 0 saturated heterocycles. The first-order valence-corrected chi connectivity index (χ1v) is 9.90. The van der Waals surface area contributed by atoms with Gasteiger partial charge in [0.2, 0.25) is 0 Å². The van der Waals surface area contributed by atoms with Gasteiger partial charge in [0.25, 0.3) is 11.8 Å². The van der Waals surface area contributed by atoms with Crippen LogP contribution >= 0.6 is 0 Å². The second-order valence-electron chi connectivity index (χ2n) is 7.13. The van der Waals surface area contributed by atoms with Crippen LogP contribution in [0.5, 0.6) is 0 Å². The summed E-state index contributed by atoms with van der Waals surface area (Å²) in [5, 5.41) is 5.36. The average Bonchev–Trinajstić information content (AvgIpc) is 2.76. The van der Waals surface area contributed by atoms with Gasteiger partial charge in [-0.25, -0.2) is 9.18 Å². The van der Waals surface area contributed by atoms with Crippen molar-refractivity contribution >= 4 is 17.8 Å². The first kappa shape index (κ1) is 23.1. The van der Waals surface area contributed by atoms with Gasteiger partial charge in [-0.3, -0.25) is 9.59 Å². The molecule has 0 spiro atoms. The Morgan fingerprint density at radius 3 is 2.23 bits per heavy atom. The van der Waals surface area contributed by atoms with Crippen molar-refractivity contribution in [1.82, 2.24) is 10.6 Å². The number of ether oxygens (including phenoxy) is 1. The van der Waals surface area contributed by atoms with Crippen LogP contribution in [0.3, 0.4) is 0 Å². The molecule has 30 heavy (non-hydrogen) atoms. The molecule has 0 saturated carbocycles. The number of esters is 1. The number of carbonyl (C=O) groups excluding carboxylic acids is 3. The number of rotatable bonds is 9. The van der Waals surface area contributed by atoms with Crippen LogP contribution in [0, 0.1) is 11.7 Å². The Hall–Kier alpha value is -3.22. The number of halogens is 1. The number of hydrogen-bond acceptors (Lipinski definition) is 4. The lowest BCUT2D eigenvalue weighted by Crippen LogP contribution is -2.48. The number of amides is 2. The van der Waals surface area contributed by atoms with E-state index < -0.39 is 24.0 Å². The van der Waals surface area contributed by atoms with E-state index in [0.717, 1.165) is 5.56 Å². The van der Waals surface area contributed by atoms with Crippen molar-refractivity contribution in [3.63, 3.8) is 0 Å². The number of benzene rings is 2. The lowest BCUT2D eigenvalue weighted by Gasteiger charge is -2.24. The first-order valence-electron chi connectivity index (χ1n) is 9.90. The first-order chi connectivity index (χ1) is 14.3. The van der Waals surface area contributed by atoms with E-state index in [4.69, 9.17) is 4.74 Å². The molecule has 0 aliphatic rings. The zero-order valence-corrected chi connectivity index (χ0v) is 17.4. The molecule has 6 nitrogen and oxygen atoms in total. The molecule has 2 N–H and O–H groups in total. The molecule has 0 heterocycles. The summed E-state index contributed by atoms with van der Waals surface area (Å²) < 4.78 is 18.3. The Labute approximate surface area is 175 Å². The van der Waals surface area contributed by atoms with Gasteiger partial charge in [-0.05, 0) is 42.7 Å². The predicted octanol–water partition coefficient (Wildman–Crippen LogP) is 3.22. The number of carbonyl (C=O) groups is 3. The smallest absolute Gasteiger partial charge is 0.329 e. The highest BCUT2D eigenvalue weighted by atomic mass is 19.1. The Morgan fingerprint density at radius 2 is 1.63 bits per heavy atom. The Kier molecular flexibility index (Phi) is 8.53. The van der Waals surface area contributed by atoms with Crippen molar-refractivity contribution in [1.29, 1.82) is 0 Å². The van der Waals surface area contributed by atoms with E-state index in [2.05, 4.69) is 10.6 Å².